The van der Waals surface area contributed by atoms with Crippen LogP contribution in [0.5, 0.6) is 0 Å². The normalized spacial score (nSPS) is 20.8. The van der Waals surface area contributed by atoms with Crippen molar-refractivity contribution in [3.63, 3.8) is 0 Å². The molecule has 4 rings (SSSR count). The molecule has 0 saturated heterocycles. The smallest absolute Gasteiger partial charge is 0.263 e. The van der Waals surface area contributed by atoms with Crippen LogP contribution in [0.3, 0.4) is 0 Å². The second-order valence-corrected chi connectivity index (χ2v) is 7.30. The second kappa shape index (κ2) is 8.24. The van der Waals surface area contributed by atoms with Gasteiger partial charge in [-0.2, -0.15) is 0 Å². The van der Waals surface area contributed by atoms with Gasteiger partial charge in [0.15, 0.2) is 0 Å². The molecule has 29 heavy (non-hydrogen) atoms. The lowest BCUT2D eigenvalue weighted by Crippen LogP contribution is -2.67. The molecule has 8 heteroatoms. The minimum atomic E-state index is -2.54. The molecular weight excluding hydrogens is 378 g/mol. The van der Waals surface area contributed by atoms with Gasteiger partial charge in [0.25, 0.3) is 6.43 Å². The summed E-state index contributed by atoms with van der Waals surface area (Å²) in [5.41, 5.74) is 2.56. The van der Waals surface area contributed by atoms with E-state index in [1.54, 1.807) is 0 Å². The highest BCUT2D eigenvalue weighted by atomic mass is 19.3. The topological polar surface area (TPSA) is 83.1 Å². The minimum Gasteiger partial charge on any atom is -0.373 e. The molecule has 1 aliphatic carbocycles. The van der Waals surface area contributed by atoms with Gasteiger partial charge in [-0.25, -0.2) is 13.8 Å². The average Bonchev–Trinajstić information content (AvgIpc) is 2.75. The highest BCUT2D eigenvalue weighted by molar-refractivity contribution is 6.49. The first-order valence-electron chi connectivity index (χ1n) is 9.71. The number of carbonyl (C=O) groups is 2. The van der Waals surface area contributed by atoms with E-state index in [2.05, 4.69) is 27.0 Å². The molecule has 2 aliphatic rings. The van der Waals surface area contributed by atoms with Crippen molar-refractivity contribution in [2.75, 3.05) is 23.7 Å². The summed E-state index contributed by atoms with van der Waals surface area (Å²) in [5.74, 6) is -0.0428. The van der Waals surface area contributed by atoms with Gasteiger partial charge in [0.1, 0.15) is 17.9 Å². The Morgan fingerprint density at radius 2 is 1.83 bits per heavy atom. The molecule has 1 aromatic carbocycles. The van der Waals surface area contributed by atoms with E-state index in [1.807, 2.05) is 6.07 Å². The molecule has 0 spiro atoms. The summed E-state index contributed by atoms with van der Waals surface area (Å²) >= 11 is 0. The number of hydrogen-bond donors (Lipinski definition) is 3. The van der Waals surface area contributed by atoms with E-state index >= 15 is 0 Å². The Morgan fingerprint density at radius 1 is 1.07 bits per heavy atom. The number of pyridine rings is 1. The summed E-state index contributed by atoms with van der Waals surface area (Å²) in [6.07, 6.45) is 0.214. The Labute approximate surface area is 167 Å². The van der Waals surface area contributed by atoms with Crippen molar-refractivity contribution in [1.82, 2.24) is 10.3 Å². The van der Waals surface area contributed by atoms with Crippen LogP contribution in [0.4, 0.5) is 20.3 Å². The molecule has 1 aliphatic heterocycles. The molecule has 2 aromatic rings. The number of nitrogens with one attached hydrogen (secondary N) is 3. The number of Topliss-reactive ketones (excluding diaryl/α,β-unsaturated/α-hetero) is 2. The number of fused-ring (bicyclic) bond motifs is 1. The number of aryl methyl sites for hydroxylation is 1. The zero-order valence-electron chi connectivity index (χ0n) is 15.8. The van der Waals surface area contributed by atoms with Crippen LogP contribution in [0.25, 0.3) is 0 Å². The molecular formula is C21H22F2N4O2. The van der Waals surface area contributed by atoms with E-state index in [1.165, 1.54) is 29.8 Å². The van der Waals surface area contributed by atoms with Gasteiger partial charge in [-0.1, -0.05) is 18.2 Å². The maximum atomic E-state index is 12.6. The Hall–Kier alpha value is -2.87. The van der Waals surface area contributed by atoms with Crippen LogP contribution in [0.1, 0.15) is 29.7 Å². The first-order valence-corrected chi connectivity index (χ1v) is 9.71. The SMILES string of the molecule is O=C1C(=O)C(Nc2ccc(C(F)F)cc2)C1NCCc1ccc2c(n1)NCCC2. The van der Waals surface area contributed by atoms with E-state index in [0.29, 0.717) is 18.7 Å². The summed E-state index contributed by atoms with van der Waals surface area (Å²) < 4.78 is 25.3. The zero-order chi connectivity index (χ0) is 20.4. The number of benzene rings is 1. The van der Waals surface area contributed by atoms with E-state index in [-0.39, 0.29) is 5.56 Å². The molecule has 3 N–H and O–H groups in total. The number of carbonyl (C=O) groups excluding carboxylic acids is 2. The summed E-state index contributed by atoms with van der Waals surface area (Å²) in [7, 11) is 0. The molecule has 0 radical (unpaired) electrons. The fourth-order valence-corrected chi connectivity index (χ4v) is 3.64. The summed E-state index contributed by atoms with van der Waals surface area (Å²) in [6.45, 7) is 1.42. The molecule has 0 bridgehead atoms. The van der Waals surface area contributed by atoms with Gasteiger partial charge in [-0.05, 0) is 36.6 Å². The van der Waals surface area contributed by atoms with Gasteiger partial charge in [-0.3, -0.25) is 9.59 Å². The molecule has 0 amide bonds. The van der Waals surface area contributed by atoms with Crippen molar-refractivity contribution in [2.45, 2.75) is 37.8 Å². The number of alkyl halides is 2. The largest absolute Gasteiger partial charge is 0.373 e. The van der Waals surface area contributed by atoms with Crippen molar-refractivity contribution in [3.05, 3.63) is 53.2 Å². The zero-order valence-corrected chi connectivity index (χ0v) is 15.8. The molecule has 6 nitrogen and oxygen atoms in total. The van der Waals surface area contributed by atoms with Crippen molar-refractivity contribution in [2.24, 2.45) is 0 Å². The van der Waals surface area contributed by atoms with E-state index in [0.717, 1.165) is 30.9 Å². The van der Waals surface area contributed by atoms with Gasteiger partial charge >= 0.3 is 0 Å². The maximum absolute atomic E-state index is 12.6. The second-order valence-electron chi connectivity index (χ2n) is 7.30. The Balaban J connectivity index is 1.33. The fraction of sp³-hybridized carbons (Fsp3) is 0.381. The van der Waals surface area contributed by atoms with E-state index < -0.39 is 30.1 Å². The lowest BCUT2D eigenvalue weighted by molar-refractivity contribution is -0.145. The van der Waals surface area contributed by atoms with Gasteiger partial charge < -0.3 is 16.0 Å². The quantitative estimate of drug-likeness (QED) is 0.620. The van der Waals surface area contributed by atoms with Crippen LogP contribution in [0.2, 0.25) is 0 Å². The Morgan fingerprint density at radius 3 is 2.59 bits per heavy atom. The predicted octanol–water partition coefficient (Wildman–Crippen LogP) is 2.51. The fourth-order valence-electron chi connectivity index (χ4n) is 3.64. The number of nitrogens with zero attached hydrogens (tertiary/aromatic N) is 1. The maximum Gasteiger partial charge on any atom is 0.263 e. The first kappa shape index (κ1) is 19.4. The minimum absolute atomic E-state index is 0.0896. The average molecular weight is 400 g/mol. The number of anilines is 2. The van der Waals surface area contributed by atoms with Crippen LogP contribution in [0.15, 0.2) is 36.4 Å². The third-order valence-corrected chi connectivity index (χ3v) is 5.32. The van der Waals surface area contributed by atoms with Crippen LogP contribution in [-0.2, 0) is 22.4 Å². The van der Waals surface area contributed by atoms with Crippen molar-refractivity contribution < 1.29 is 18.4 Å². The van der Waals surface area contributed by atoms with Crippen LogP contribution in [0, 0.1) is 0 Å². The Bertz CT molecular complexity index is 917. The molecule has 152 valence electrons. The van der Waals surface area contributed by atoms with Gasteiger partial charge in [0, 0.05) is 36.5 Å². The third kappa shape index (κ3) is 4.12. The lowest BCUT2D eigenvalue weighted by atomic mass is 9.82. The number of rotatable bonds is 7. The van der Waals surface area contributed by atoms with Crippen molar-refractivity contribution >= 4 is 23.1 Å². The summed E-state index contributed by atoms with van der Waals surface area (Å²) in [5, 5.41) is 9.37. The molecule has 1 fully saturated rings. The highest BCUT2D eigenvalue weighted by Crippen LogP contribution is 2.23. The van der Waals surface area contributed by atoms with Crippen LogP contribution < -0.4 is 16.0 Å². The molecule has 2 unspecified atom stereocenters. The summed E-state index contributed by atoms with van der Waals surface area (Å²) in [6, 6.07) is 8.31. The predicted molar refractivity (Wildman–Crippen MR) is 105 cm³/mol. The van der Waals surface area contributed by atoms with Crippen LogP contribution >= 0.6 is 0 Å². The molecule has 2 atom stereocenters. The summed E-state index contributed by atoms with van der Waals surface area (Å²) in [4.78, 5) is 28.5. The standard InChI is InChI=1S/C21H22F2N4O2/c22-20(23)12-3-6-14(7-4-12)26-17-16(18(28)19(17)29)24-11-9-15-8-5-13-2-1-10-25-21(13)27-15/h3-8,16-17,20,24,26H,1-2,9-11H2,(H,25,27). The van der Waals surface area contributed by atoms with E-state index in [4.69, 9.17) is 0 Å². The molecule has 2 heterocycles. The van der Waals surface area contributed by atoms with E-state index in [9.17, 15) is 18.4 Å². The first-order chi connectivity index (χ1) is 14.0. The Kier molecular flexibility index (Phi) is 5.53. The van der Waals surface area contributed by atoms with Gasteiger partial charge in [0.05, 0.1) is 0 Å². The number of hydrogen-bond acceptors (Lipinski definition) is 6. The van der Waals surface area contributed by atoms with Crippen molar-refractivity contribution in [3.8, 4) is 0 Å². The molecule has 1 aromatic heterocycles. The third-order valence-electron chi connectivity index (χ3n) is 5.32. The van der Waals surface area contributed by atoms with Gasteiger partial charge in [0.2, 0.25) is 11.6 Å². The van der Waals surface area contributed by atoms with Crippen molar-refractivity contribution in [1.29, 1.82) is 0 Å². The molecule has 1 saturated carbocycles. The van der Waals surface area contributed by atoms with Gasteiger partial charge in [-0.15, -0.1) is 0 Å². The highest BCUT2D eigenvalue weighted by Gasteiger charge is 2.48. The number of aromatic nitrogens is 1. The number of halogens is 2. The number of ketones is 2. The monoisotopic (exact) mass is 400 g/mol. The lowest BCUT2D eigenvalue weighted by Gasteiger charge is -2.35. The van der Waals surface area contributed by atoms with Crippen LogP contribution in [-0.4, -0.2) is 41.7 Å².